The predicted molar refractivity (Wildman–Crippen MR) is 134 cm³/mol. The smallest absolute Gasteiger partial charge is 0.254 e. The third kappa shape index (κ3) is 5.08. The average Bonchev–Trinajstić information content (AvgIpc) is 2.82. The van der Waals surface area contributed by atoms with Gasteiger partial charge in [0.05, 0.1) is 40.9 Å². The molecule has 0 saturated carbocycles. The lowest BCUT2D eigenvalue weighted by Crippen LogP contribution is -2.35. The van der Waals surface area contributed by atoms with Crippen LogP contribution in [0.25, 0.3) is 22.2 Å². The molecule has 2 atom stereocenters. The monoisotopic (exact) mass is 481 g/mol. The van der Waals surface area contributed by atoms with Gasteiger partial charge in [-0.05, 0) is 18.6 Å². The van der Waals surface area contributed by atoms with E-state index in [0.29, 0.717) is 22.2 Å². The van der Waals surface area contributed by atoms with E-state index in [0.717, 1.165) is 11.8 Å². The first-order chi connectivity index (χ1) is 16.2. The summed E-state index contributed by atoms with van der Waals surface area (Å²) in [5.41, 5.74) is 2.48. The minimum absolute atomic E-state index is 0.0855. The molecule has 3 N–H and O–H groups in total. The number of aromatic nitrogens is 1. The van der Waals surface area contributed by atoms with Crippen LogP contribution in [0.4, 0.5) is 5.69 Å². The van der Waals surface area contributed by atoms with Crippen molar-refractivity contribution in [3.63, 3.8) is 0 Å². The molecule has 1 amide bonds. The lowest BCUT2D eigenvalue weighted by molar-refractivity contribution is 0.0860. The number of aliphatic hydroxyl groups is 1. The van der Waals surface area contributed by atoms with Gasteiger partial charge in [-0.25, -0.2) is 13.4 Å². The molecular weight excluding hydrogens is 456 g/mol. The quantitative estimate of drug-likeness (QED) is 0.368. The Morgan fingerprint density at radius 1 is 0.912 bits per heavy atom. The molecule has 0 bridgehead atoms. The summed E-state index contributed by atoms with van der Waals surface area (Å²) in [4.78, 5) is 18.4. The van der Waals surface area contributed by atoms with E-state index in [1.54, 1.807) is 43.3 Å². The Kier molecular flexibility index (Phi) is 6.63. The Morgan fingerprint density at radius 3 is 2.12 bits per heavy atom. The number of rotatable bonds is 7. The van der Waals surface area contributed by atoms with Crippen molar-refractivity contribution in [3.8, 4) is 11.3 Å². The third-order valence-corrected chi connectivity index (χ3v) is 5.96. The van der Waals surface area contributed by atoms with Crippen LogP contribution >= 0.6 is 0 Å². The third-order valence-electron chi connectivity index (χ3n) is 5.38. The number of amides is 1. The first-order valence-electron chi connectivity index (χ1n) is 10.7. The molecule has 174 valence electrons. The summed E-state index contributed by atoms with van der Waals surface area (Å²) in [6, 6.07) is 24.5. The van der Waals surface area contributed by atoms with Crippen molar-refractivity contribution in [3.05, 3.63) is 96.1 Å². The highest BCUT2D eigenvalue weighted by atomic mass is 32.2. The Labute approximate surface area is 198 Å². The molecule has 0 unspecified atom stereocenters. The summed E-state index contributed by atoms with van der Waals surface area (Å²) in [6.07, 6.45) is 0.140. The van der Waals surface area contributed by atoms with E-state index in [1.165, 1.54) is 0 Å². The van der Waals surface area contributed by atoms with Gasteiger partial charge in [-0.15, -0.1) is 0 Å². The Bertz CT molecular complexity index is 1420. The number of carbonyl (C=O) groups is 1. The molecule has 0 aliphatic heterocycles. The zero-order chi connectivity index (χ0) is 24.3. The summed E-state index contributed by atoms with van der Waals surface area (Å²) >= 11 is 0. The van der Waals surface area contributed by atoms with Crippen molar-refractivity contribution in [1.29, 1.82) is 0 Å². The fourth-order valence-electron chi connectivity index (χ4n) is 3.89. The molecule has 0 aliphatic rings. The fraction of sp³-hybridized carbons (Fsp3) is 0.154. The first kappa shape index (κ1) is 23.4. The molecule has 0 radical (unpaired) electrons. The van der Waals surface area contributed by atoms with E-state index in [4.69, 9.17) is 0 Å². The molecule has 1 heterocycles. The number of anilines is 1. The predicted octanol–water partition coefficient (Wildman–Crippen LogP) is 4.13. The van der Waals surface area contributed by atoms with Crippen molar-refractivity contribution in [1.82, 2.24) is 10.3 Å². The minimum Gasteiger partial charge on any atom is -0.391 e. The molecule has 0 fully saturated rings. The van der Waals surface area contributed by atoms with Crippen LogP contribution in [0.2, 0.25) is 0 Å². The molecule has 0 saturated heterocycles. The highest BCUT2D eigenvalue weighted by molar-refractivity contribution is 7.92. The second kappa shape index (κ2) is 9.62. The summed E-state index contributed by atoms with van der Waals surface area (Å²) in [5.74, 6) is -0.531. The van der Waals surface area contributed by atoms with Gasteiger partial charge in [0.25, 0.3) is 5.91 Å². The van der Waals surface area contributed by atoms with Crippen molar-refractivity contribution < 1.29 is 18.3 Å². The number of carbonyl (C=O) groups excluding carboxylic acids is 1. The van der Waals surface area contributed by atoms with Crippen LogP contribution in [0.3, 0.4) is 0 Å². The highest BCUT2D eigenvalue weighted by Crippen LogP contribution is 2.35. The minimum atomic E-state index is -3.75. The molecule has 1 aromatic heterocycles. The fourth-order valence-corrected chi connectivity index (χ4v) is 4.46. The highest BCUT2D eigenvalue weighted by Gasteiger charge is 2.27. The van der Waals surface area contributed by atoms with Gasteiger partial charge >= 0.3 is 0 Å². The molecule has 0 spiro atoms. The normalized spacial score (nSPS) is 13.3. The SMILES string of the molecule is C[C@H](O)[C@H](NC(=O)c1c(NS(C)(=O)=O)c(-c2ccccc2)n[13c]2[13cH][13cH][13cH][13cH][13c]12)c1ccccc1. The second-order valence-electron chi connectivity index (χ2n) is 8.07. The van der Waals surface area contributed by atoms with E-state index in [1.807, 2.05) is 48.5 Å². The van der Waals surface area contributed by atoms with E-state index in [2.05, 4.69) is 15.0 Å². The van der Waals surface area contributed by atoms with Gasteiger partial charge in [0, 0.05) is 10.9 Å². The van der Waals surface area contributed by atoms with Gasteiger partial charge in [-0.3, -0.25) is 9.52 Å². The van der Waals surface area contributed by atoms with E-state index >= 15 is 0 Å². The van der Waals surface area contributed by atoms with Crippen LogP contribution in [0.15, 0.2) is 84.9 Å². The van der Waals surface area contributed by atoms with Crippen LogP contribution in [0.1, 0.15) is 28.9 Å². The van der Waals surface area contributed by atoms with Crippen molar-refractivity contribution >= 4 is 32.5 Å². The number of hydrogen-bond acceptors (Lipinski definition) is 5. The number of sulfonamides is 1. The lowest BCUT2D eigenvalue weighted by atomic mass is 10.0. The molecular formula is C26H25N3O4S. The summed E-state index contributed by atoms with van der Waals surface area (Å²) in [6.45, 7) is 1.59. The molecule has 7 nitrogen and oxygen atoms in total. The van der Waals surface area contributed by atoms with Crippen LogP contribution in [-0.4, -0.2) is 36.8 Å². The molecule has 4 aromatic rings. The maximum atomic E-state index is 13.8. The molecule has 3 aromatic carbocycles. The first-order valence-corrected chi connectivity index (χ1v) is 12.6. The maximum absolute atomic E-state index is 13.8. The zero-order valence-corrected chi connectivity index (χ0v) is 19.6. The summed E-state index contributed by atoms with van der Waals surface area (Å²) < 4.78 is 27.2. The van der Waals surface area contributed by atoms with Gasteiger partial charge in [0.1, 0.15) is 0 Å². The van der Waals surface area contributed by atoms with Crippen LogP contribution < -0.4 is 10.0 Å². The molecule has 34 heavy (non-hydrogen) atoms. The number of benzene rings is 3. The molecule has 8 heteroatoms. The maximum Gasteiger partial charge on any atom is 0.254 e. The van der Waals surface area contributed by atoms with Crippen LogP contribution in [0.5, 0.6) is 0 Å². The summed E-state index contributed by atoms with van der Waals surface area (Å²) in [7, 11) is -3.75. The Hall–Kier alpha value is -3.75. The zero-order valence-electron chi connectivity index (χ0n) is 18.8. The Balaban J connectivity index is 1.94. The van der Waals surface area contributed by atoms with Crippen molar-refractivity contribution in [2.75, 3.05) is 11.0 Å². The lowest BCUT2D eigenvalue weighted by Gasteiger charge is -2.24. The number of para-hydroxylation sites is 1. The number of nitrogens with zero attached hydrogens (tertiary/aromatic N) is 1. The number of aliphatic hydroxyl groups excluding tert-OH is 1. The average molecular weight is 482 g/mol. The van der Waals surface area contributed by atoms with E-state index in [-0.39, 0.29) is 11.3 Å². The number of nitrogens with one attached hydrogen (secondary N) is 2. The number of pyridine rings is 1. The van der Waals surface area contributed by atoms with Crippen LogP contribution in [-0.2, 0) is 10.0 Å². The number of fused-ring (bicyclic) bond motifs is 1. The Morgan fingerprint density at radius 2 is 1.50 bits per heavy atom. The van der Waals surface area contributed by atoms with E-state index in [9.17, 15) is 18.3 Å². The van der Waals surface area contributed by atoms with Crippen LogP contribution in [0, 0.1) is 0 Å². The topological polar surface area (TPSA) is 108 Å². The van der Waals surface area contributed by atoms with Gasteiger partial charge in [0.15, 0.2) is 0 Å². The van der Waals surface area contributed by atoms with Gasteiger partial charge in [-0.1, -0.05) is 78.9 Å². The van der Waals surface area contributed by atoms with E-state index < -0.39 is 28.1 Å². The molecule has 0 aliphatic carbocycles. The number of hydrogen-bond donors (Lipinski definition) is 3. The van der Waals surface area contributed by atoms with Gasteiger partial charge in [-0.2, -0.15) is 0 Å². The largest absolute Gasteiger partial charge is 0.391 e. The summed E-state index contributed by atoms with van der Waals surface area (Å²) in [5, 5.41) is 13.8. The molecule has 4 rings (SSSR count). The second-order valence-corrected chi connectivity index (χ2v) is 9.82. The van der Waals surface area contributed by atoms with Crippen molar-refractivity contribution in [2.45, 2.75) is 19.1 Å². The van der Waals surface area contributed by atoms with Crippen molar-refractivity contribution in [2.24, 2.45) is 0 Å². The van der Waals surface area contributed by atoms with Gasteiger partial charge < -0.3 is 10.4 Å². The standard InChI is InChI=1S/C26H25N3O4S/c1-17(30)23(18-11-5-3-6-12-18)28-26(31)22-20-15-9-10-16-21(20)27-24(19-13-7-4-8-14-19)25(22)29-34(2,32)33/h3-17,23,29-30H,1-2H3,(H,28,31)/t17-,23-/m0/s1/i9+1,10+1,15+1,16+1,20+1,21+1. The van der Waals surface area contributed by atoms with Gasteiger partial charge in [0.2, 0.25) is 10.0 Å².